The number of benzene rings is 3. The third-order valence-corrected chi connectivity index (χ3v) is 5.63. The Morgan fingerprint density at radius 2 is 1.67 bits per heavy atom. The second-order valence-corrected chi connectivity index (χ2v) is 9.26. The highest BCUT2D eigenvalue weighted by atomic mass is 32.2. The van der Waals surface area contributed by atoms with Crippen LogP contribution in [0.15, 0.2) is 66.7 Å². The molecule has 0 aliphatic rings. The molecule has 0 aliphatic carbocycles. The third kappa shape index (κ3) is 5.51. The summed E-state index contributed by atoms with van der Waals surface area (Å²) in [7, 11) is -3.65. The zero-order valence-corrected chi connectivity index (χ0v) is 18.1. The summed E-state index contributed by atoms with van der Waals surface area (Å²) >= 11 is 0. The van der Waals surface area contributed by atoms with Gasteiger partial charge in [-0.3, -0.25) is 9.10 Å². The summed E-state index contributed by atoms with van der Waals surface area (Å²) in [5.74, 6) is 0.384. The fourth-order valence-corrected chi connectivity index (χ4v) is 4.02. The van der Waals surface area contributed by atoms with E-state index in [4.69, 9.17) is 4.74 Å². The molecule has 0 saturated heterocycles. The minimum Gasteiger partial charge on any atom is -0.491 e. The maximum atomic E-state index is 12.6. The molecule has 3 rings (SSSR count). The fourth-order valence-electron chi connectivity index (χ4n) is 3.15. The Labute approximate surface area is 177 Å². The van der Waals surface area contributed by atoms with Crippen LogP contribution in [-0.2, 0) is 21.4 Å². The van der Waals surface area contributed by atoms with Gasteiger partial charge >= 0.3 is 0 Å². The first-order valence-electron chi connectivity index (χ1n) is 9.72. The number of hydrogen-bond acceptors (Lipinski definition) is 4. The zero-order chi connectivity index (χ0) is 21.7. The number of nitrogens with one attached hydrogen (secondary N) is 1. The van der Waals surface area contributed by atoms with Crippen LogP contribution in [0.5, 0.6) is 5.75 Å². The predicted octanol–water partition coefficient (Wildman–Crippen LogP) is 3.71. The van der Waals surface area contributed by atoms with Gasteiger partial charge in [0.05, 0.1) is 18.0 Å². The smallest absolute Gasteiger partial charge is 0.241 e. The van der Waals surface area contributed by atoms with Crippen molar-refractivity contribution in [1.29, 1.82) is 0 Å². The van der Waals surface area contributed by atoms with E-state index in [1.54, 1.807) is 12.1 Å². The van der Waals surface area contributed by atoms with Crippen LogP contribution in [0.1, 0.15) is 19.4 Å². The Balaban J connectivity index is 1.72. The summed E-state index contributed by atoms with van der Waals surface area (Å²) in [5.41, 5.74) is 1.39. The van der Waals surface area contributed by atoms with Crippen molar-refractivity contribution in [3.8, 4) is 5.75 Å². The number of ether oxygens (including phenoxy) is 1. The maximum Gasteiger partial charge on any atom is 0.241 e. The lowest BCUT2D eigenvalue weighted by Gasteiger charge is -2.23. The topological polar surface area (TPSA) is 75.7 Å². The Bertz CT molecular complexity index is 1120. The first-order valence-corrected chi connectivity index (χ1v) is 11.6. The van der Waals surface area contributed by atoms with E-state index >= 15 is 0 Å². The first kappa shape index (κ1) is 21.6. The van der Waals surface area contributed by atoms with Gasteiger partial charge < -0.3 is 10.1 Å². The van der Waals surface area contributed by atoms with Gasteiger partial charge in [-0.25, -0.2) is 8.42 Å². The lowest BCUT2D eigenvalue weighted by Crippen LogP contribution is -2.40. The van der Waals surface area contributed by atoms with Crippen molar-refractivity contribution in [2.24, 2.45) is 0 Å². The second kappa shape index (κ2) is 9.17. The number of amides is 1. The number of sulfonamides is 1. The van der Waals surface area contributed by atoms with Gasteiger partial charge in [-0.15, -0.1) is 0 Å². The SMILES string of the molecule is CC(C)Oc1ccc(CNC(=O)CN(c2cccc3ccccc23)S(C)(=O)=O)cc1. The van der Waals surface area contributed by atoms with E-state index in [0.717, 1.165) is 32.6 Å². The molecule has 0 aliphatic heterocycles. The molecular formula is C23H26N2O4S. The van der Waals surface area contributed by atoms with E-state index in [0.29, 0.717) is 12.2 Å². The lowest BCUT2D eigenvalue weighted by molar-refractivity contribution is -0.119. The molecule has 0 radical (unpaired) electrons. The fraction of sp³-hybridized carbons (Fsp3) is 0.261. The lowest BCUT2D eigenvalue weighted by atomic mass is 10.1. The van der Waals surface area contributed by atoms with Crippen molar-refractivity contribution in [2.75, 3.05) is 17.1 Å². The minimum atomic E-state index is -3.65. The molecule has 1 N–H and O–H groups in total. The number of carbonyl (C=O) groups excluding carboxylic acids is 1. The van der Waals surface area contributed by atoms with E-state index in [1.165, 1.54) is 0 Å². The normalized spacial score (nSPS) is 11.5. The van der Waals surface area contributed by atoms with Gasteiger partial charge in [-0.1, -0.05) is 48.5 Å². The van der Waals surface area contributed by atoms with Gasteiger partial charge in [-0.2, -0.15) is 0 Å². The minimum absolute atomic E-state index is 0.0894. The molecule has 0 bridgehead atoms. The molecule has 0 atom stereocenters. The molecule has 0 fully saturated rings. The summed E-state index contributed by atoms with van der Waals surface area (Å²) in [6.07, 6.45) is 1.20. The average molecular weight is 427 g/mol. The molecular weight excluding hydrogens is 400 g/mol. The van der Waals surface area contributed by atoms with Crippen molar-refractivity contribution in [3.63, 3.8) is 0 Å². The van der Waals surface area contributed by atoms with Crippen LogP contribution < -0.4 is 14.4 Å². The van der Waals surface area contributed by atoms with Gasteiger partial charge in [-0.05, 0) is 43.0 Å². The summed E-state index contributed by atoms with van der Waals surface area (Å²) in [6.45, 7) is 3.92. The molecule has 3 aromatic carbocycles. The van der Waals surface area contributed by atoms with E-state index < -0.39 is 10.0 Å². The van der Waals surface area contributed by atoms with Crippen LogP contribution in [0.25, 0.3) is 10.8 Å². The highest BCUT2D eigenvalue weighted by molar-refractivity contribution is 7.92. The largest absolute Gasteiger partial charge is 0.491 e. The quantitative estimate of drug-likeness (QED) is 0.596. The number of rotatable bonds is 8. The van der Waals surface area contributed by atoms with E-state index in [1.807, 2.05) is 68.4 Å². The van der Waals surface area contributed by atoms with Gasteiger partial charge in [0.15, 0.2) is 0 Å². The number of hydrogen-bond donors (Lipinski definition) is 1. The summed E-state index contributed by atoms with van der Waals surface area (Å²) in [5, 5.41) is 4.48. The molecule has 6 nitrogen and oxygen atoms in total. The molecule has 0 heterocycles. The molecule has 0 saturated carbocycles. The number of nitrogens with zero attached hydrogens (tertiary/aromatic N) is 1. The zero-order valence-electron chi connectivity index (χ0n) is 17.3. The van der Waals surface area contributed by atoms with Crippen LogP contribution in [0.2, 0.25) is 0 Å². The highest BCUT2D eigenvalue weighted by Crippen LogP contribution is 2.28. The van der Waals surface area contributed by atoms with E-state index in [2.05, 4.69) is 5.32 Å². The molecule has 30 heavy (non-hydrogen) atoms. The number of carbonyl (C=O) groups is 1. The maximum absolute atomic E-state index is 12.6. The molecule has 158 valence electrons. The van der Waals surface area contributed by atoms with Gasteiger partial charge in [0, 0.05) is 11.9 Å². The number of fused-ring (bicyclic) bond motifs is 1. The monoisotopic (exact) mass is 426 g/mol. The summed E-state index contributed by atoms with van der Waals surface area (Å²) < 4.78 is 31.6. The van der Waals surface area contributed by atoms with Crippen LogP contribution in [0.4, 0.5) is 5.69 Å². The molecule has 0 aromatic heterocycles. The van der Waals surface area contributed by atoms with Gasteiger partial charge in [0.1, 0.15) is 12.3 Å². The second-order valence-electron chi connectivity index (χ2n) is 7.36. The Morgan fingerprint density at radius 1 is 1.00 bits per heavy atom. The highest BCUT2D eigenvalue weighted by Gasteiger charge is 2.22. The third-order valence-electron chi connectivity index (χ3n) is 4.51. The molecule has 0 unspecified atom stereocenters. The van der Waals surface area contributed by atoms with Crippen LogP contribution >= 0.6 is 0 Å². The summed E-state index contributed by atoms with van der Waals surface area (Å²) in [4.78, 5) is 12.6. The van der Waals surface area contributed by atoms with Gasteiger partial charge in [0.2, 0.25) is 15.9 Å². The van der Waals surface area contributed by atoms with Crippen molar-refractivity contribution in [1.82, 2.24) is 5.32 Å². The standard InChI is InChI=1S/C23H26N2O4S/c1-17(2)29-20-13-11-18(12-14-20)15-24-23(26)16-25(30(3,27)28)22-10-6-8-19-7-4-5-9-21(19)22/h4-14,17H,15-16H2,1-3H3,(H,24,26). The van der Waals surface area contributed by atoms with Crippen LogP contribution in [0, 0.1) is 0 Å². The Kier molecular flexibility index (Phi) is 6.62. The molecule has 1 amide bonds. The van der Waals surface area contributed by atoms with Crippen molar-refractivity contribution >= 4 is 32.4 Å². The molecule has 7 heteroatoms. The Morgan fingerprint density at radius 3 is 2.33 bits per heavy atom. The van der Waals surface area contributed by atoms with E-state index in [-0.39, 0.29) is 18.6 Å². The van der Waals surface area contributed by atoms with E-state index in [9.17, 15) is 13.2 Å². The average Bonchev–Trinajstić information content (AvgIpc) is 2.70. The van der Waals surface area contributed by atoms with Crippen LogP contribution in [-0.4, -0.2) is 33.2 Å². The Hall–Kier alpha value is -3.06. The number of anilines is 1. The predicted molar refractivity (Wildman–Crippen MR) is 120 cm³/mol. The van der Waals surface area contributed by atoms with Crippen molar-refractivity contribution in [2.45, 2.75) is 26.5 Å². The molecule has 0 spiro atoms. The van der Waals surface area contributed by atoms with Crippen LogP contribution in [0.3, 0.4) is 0 Å². The van der Waals surface area contributed by atoms with Crippen molar-refractivity contribution in [3.05, 3.63) is 72.3 Å². The van der Waals surface area contributed by atoms with Gasteiger partial charge in [0.25, 0.3) is 0 Å². The summed E-state index contributed by atoms with van der Waals surface area (Å²) in [6, 6.07) is 20.3. The molecule has 3 aromatic rings. The first-order chi connectivity index (χ1) is 14.2. The van der Waals surface area contributed by atoms with Crippen molar-refractivity contribution < 1.29 is 17.9 Å².